The van der Waals surface area contributed by atoms with E-state index in [0.717, 1.165) is 6.08 Å². The SMILES string of the molecule is COCOC(=O)/C=C/C(=O)O. The Morgan fingerprint density at radius 2 is 2.09 bits per heavy atom. The van der Waals surface area contributed by atoms with Gasteiger partial charge in [0.2, 0.25) is 0 Å². The molecule has 0 saturated carbocycles. The summed E-state index contributed by atoms with van der Waals surface area (Å²) in [5.41, 5.74) is 0. The highest BCUT2D eigenvalue weighted by atomic mass is 16.7. The van der Waals surface area contributed by atoms with Crippen LogP contribution in [0.15, 0.2) is 12.2 Å². The second-order valence-corrected chi connectivity index (χ2v) is 1.54. The van der Waals surface area contributed by atoms with Gasteiger partial charge in [0.15, 0.2) is 6.79 Å². The fourth-order valence-electron chi connectivity index (χ4n) is 0.304. The molecule has 0 aromatic rings. The number of esters is 1. The molecule has 11 heavy (non-hydrogen) atoms. The van der Waals surface area contributed by atoms with Crippen LogP contribution in [0.4, 0.5) is 0 Å². The van der Waals surface area contributed by atoms with E-state index in [1.807, 2.05) is 0 Å². The van der Waals surface area contributed by atoms with Crippen LogP contribution in [0.3, 0.4) is 0 Å². The van der Waals surface area contributed by atoms with Crippen molar-refractivity contribution >= 4 is 11.9 Å². The summed E-state index contributed by atoms with van der Waals surface area (Å²) in [5, 5.41) is 8.06. The third-order valence-electron chi connectivity index (χ3n) is 0.681. The second-order valence-electron chi connectivity index (χ2n) is 1.54. The molecule has 0 aromatic heterocycles. The molecule has 0 unspecified atom stereocenters. The number of methoxy groups -OCH3 is 1. The van der Waals surface area contributed by atoms with Gasteiger partial charge in [0.1, 0.15) is 0 Å². The van der Waals surface area contributed by atoms with Crippen molar-refractivity contribution in [2.45, 2.75) is 0 Å². The van der Waals surface area contributed by atoms with Gasteiger partial charge in [-0.15, -0.1) is 0 Å². The summed E-state index contributed by atoms with van der Waals surface area (Å²) in [5.74, 6) is -1.94. The predicted molar refractivity (Wildman–Crippen MR) is 34.7 cm³/mol. The van der Waals surface area contributed by atoms with Crippen LogP contribution in [-0.4, -0.2) is 30.9 Å². The summed E-state index contributed by atoms with van der Waals surface area (Å²) < 4.78 is 8.73. The molecule has 0 fully saturated rings. The molecule has 0 aliphatic rings. The molecular formula is C6H8O5. The normalized spacial score (nSPS) is 9.91. The average molecular weight is 160 g/mol. The van der Waals surface area contributed by atoms with E-state index in [1.54, 1.807) is 0 Å². The van der Waals surface area contributed by atoms with Crippen molar-refractivity contribution in [3.63, 3.8) is 0 Å². The molecule has 5 heteroatoms. The zero-order valence-corrected chi connectivity index (χ0v) is 5.94. The summed E-state index contributed by atoms with van der Waals surface area (Å²) in [7, 11) is 1.36. The van der Waals surface area contributed by atoms with Gasteiger partial charge in [-0.2, -0.15) is 0 Å². The first-order valence-corrected chi connectivity index (χ1v) is 2.73. The number of carbonyl (C=O) groups excluding carboxylic acids is 1. The van der Waals surface area contributed by atoms with E-state index in [0.29, 0.717) is 6.08 Å². The third-order valence-corrected chi connectivity index (χ3v) is 0.681. The topological polar surface area (TPSA) is 72.8 Å². The van der Waals surface area contributed by atoms with Gasteiger partial charge in [-0.05, 0) is 0 Å². The summed E-state index contributed by atoms with van der Waals surface area (Å²) in [6.45, 7) is -0.178. The Hall–Kier alpha value is -1.36. The molecule has 62 valence electrons. The monoisotopic (exact) mass is 160 g/mol. The molecule has 0 atom stereocenters. The Labute approximate surface area is 63.2 Å². The van der Waals surface area contributed by atoms with Crippen LogP contribution in [0.5, 0.6) is 0 Å². The molecule has 1 N–H and O–H groups in total. The minimum absolute atomic E-state index is 0.178. The number of hydrogen-bond acceptors (Lipinski definition) is 4. The lowest BCUT2D eigenvalue weighted by Gasteiger charge is -1.96. The van der Waals surface area contributed by atoms with Crippen LogP contribution in [-0.2, 0) is 19.1 Å². The first kappa shape index (κ1) is 9.64. The second kappa shape index (κ2) is 5.43. The Balaban J connectivity index is 3.60. The van der Waals surface area contributed by atoms with Crippen LogP contribution in [0, 0.1) is 0 Å². The number of hydrogen-bond donors (Lipinski definition) is 1. The molecule has 0 aliphatic carbocycles. The zero-order valence-electron chi connectivity index (χ0n) is 5.94. The lowest BCUT2D eigenvalue weighted by atomic mass is 10.5. The van der Waals surface area contributed by atoms with Gasteiger partial charge in [-0.25, -0.2) is 9.59 Å². The summed E-state index contributed by atoms with van der Waals surface area (Å²) >= 11 is 0. The van der Waals surface area contributed by atoms with Crippen LogP contribution in [0.2, 0.25) is 0 Å². The van der Waals surface area contributed by atoms with E-state index in [1.165, 1.54) is 7.11 Å². The largest absolute Gasteiger partial charge is 0.478 e. The molecule has 0 radical (unpaired) electrons. The zero-order chi connectivity index (χ0) is 8.69. The fourth-order valence-corrected chi connectivity index (χ4v) is 0.304. The van der Waals surface area contributed by atoms with Crippen LogP contribution < -0.4 is 0 Å². The predicted octanol–water partition coefficient (Wildman–Crippen LogP) is -0.226. The lowest BCUT2D eigenvalue weighted by molar-refractivity contribution is -0.148. The Morgan fingerprint density at radius 1 is 1.45 bits per heavy atom. The summed E-state index contributed by atoms with van der Waals surface area (Å²) in [4.78, 5) is 20.3. The van der Waals surface area contributed by atoms with Gasteiger partial charge in [0.25, 0.3) is 0 Å². The molecule has 0 aromatic carbocycles. The van der Waals surface area contributed by atoms with Gasteiger partial charge in [0, 0.05) is 19.3 Å². The standard InChI is InChI=1S/C6H8O5/c1-10-4-11-6(9)3-2-5(7)8/h2-3H,4H2,1H3,(H,7,8)/b3-2+. The molecule has 0 heterocycles. The van der Waals surface area contributed by atoms with Crippen molar-refractivity contribution < 1.29 is 24.2 Å². The molecule has 0 amide bonds. The van der Waals surface area contributed by atoms with Gasteiger partial charge in [-0.3, -0.25) is 0 Å². The fraction of sp³-hybridized carbons (Fsp3) is 0.333. The van der Waals surface area contributed by atoms with Crippen molar-refractivity contribution in [3.8, 4) is 0 Å². The number of rotatable bonds is 4. The maximum atomic E-state index is 10.5. The van der Waals surface area contributed by atoms with E-state index in [-0.39, 0.29) is 6.79 Å². The van der Waals surface area contributed by atoms with Crippen molar-refractivity contribution in [2.75, 3.05) is 13.9 Å². The van der Waals surface area contributed by atoms with E-state index >= 15 is 0 Å². The minimum Gasteiger partial charge on any atom is -0.478 e. The quantitative estimate of drug-likeness (QED) is 0.349. The van der Waals surface area contributed by atoms with Gasteiger partial charge in [-0.1, -0.05) is 0 Å². The highest BCUT2D eigenvalue weighted by Gasteiger charge is 1.95. The van der Waals surface area contributed by atoms with Crippen molar-refractivity contribution in [1.29, 1.82) is 0 Å². The number of carboxylic acid groups (broad SMARTS) is 1. The van der Waals surface area contributed by atoms with Gasteiger partial charge < -0.3 is 14.6 Å². The highest BCUT2D eigenvalue weighted by Crippen LogP contribution is 1.81. The first-order valence-electron chi connectivity index (χ1n) is 2.73. The van der Waals surface area contributed by atoms with Crippen molar-refractivity contribution in [1.82, 2.24) is 0 Å². The van der Waals surface area contributed by atoms with Gasteiger partial charge in [0.05, 0.1) is 0 Å². The molecule has 0 bridgehead atoms. The number of ether oxygens (including phenoxy) is 2. The Bertz CT molecular complexity index is 172. The van der Waals surface area contributed by atoms with Gasteiger partial charge >= 0.3 is 11.9 Å². The summed E-state index contributed by atoms with van der Waals surface area (Å²) in [6.07, 6.45) is 1.50. The van der Waals surface area contributed by atoms with E-state index in [9.17, 15) is 9.59 Å². The number of aliphatic carboxylic acids is 1. The maximum absolute atomic E-state index is 10.5. The van der Waals surface area contributed by atoms with Crippen LogP contribution >= 0.6 is 0 Å². The van der Waals surface area contributed by atoms with Crippen molar-refractivity contribution in [2.24, 2.45) is 0 Å². The van der Waals surface area contributed by atoms with Crippen LogP contribution in [0.25, 0.3) is 0 Å². The number of carbonyl (C=O) groups is 2. The highest BCUT2D eigenvalue weighted by molar-refractivity contribution is 5.90. The van der Waals surface area contributed by atoms with E-state index < -0.39 is 11.9 Å². The minimum atomic E-state index is -1.20. The maximum Gasteiger partial charge on any atom is 0.333 e. The van der Waals surface area contributed by atoms with E-state index in [4.69, 9.17) is 5.11 Å². The molecule has 0 spiro atoms. The third kappa shape index (κ3) is 6.53. The smallest absolute Gasteiger partial charge is 0.333 e. The Morgan fingerprint density at radius 3 is 2.55 bits per heavy atom. The first-order chi connectivity index (χ1) is 5.16. The average Bonchev–Trinajstić information content (AvgIpc) is 1.97. The van der Waals surface area contributed by atoms with Crippen LogP contribution in [0.1, 0.15) is 0 Å². The summed E-state index contributed by atoms with van der Waals surface area (Å²) in [6, 6.07) is 0. The lowest BCUT2D eigenvalue weighted by Crippen LogP contribution is -2.04. The molecule has 5 nitrogen and oxygen atoms in total. The van der Waals surface area contributed by atoms with Crippen molar-refractivity contribution in [3.05, 3.63) is 12.2 Å². The van der Waals surface area contributed by atoms with E-state index in [2.05, 4.69) is 9.47 Å². The molecule has 0 aliphatic heterocycles. The Kier molecular flexibility index (Phi) is 4.76. The molecular weight excluding hydrogens is 152 g/mol. The molecule has 0 rings (SSSR count). The molecule has 0 saturated heterocycles. The number of carboxylic acids is 1.